The molecule has 1 aliphatic heterocycles. The van der Waals surface area contributed by atoms with E-state index in [1.54, 1.807) is 0 Å². The molecule has 6 heteroatoms. The first kappa shape index (κ1) is 25.6. The van der Waals surface area contributed by atoms with Crippen molar-refractivity contribution >= 4 is 28.7 Å². The molecule has 2 rings (SSSR count). The molecule has 1 aromatic carbocycles. The van der Waals surface area contributed by atoms with Crippen LogP contribution in [0.25, 0.3) is 0 Å². The molecule has 0 aromatic heterocycles. The van der Waals surface area contributed by atoms with E-state index in [1.165, 1.54) is 10.4 Å². The number of benzene rings is 1. The summed E-state index contributed by atoms with van der Waals surface area (Å²) in [5.74, 6) is 2.25. The summed E-state index contributed by atoms with van der Waals surface area (Å²) in [5, 5.41) is 3.08. The summed E-state index contributed by atoms with van der Waals surface area (Å²) >= 11 is 0. The minimum absolute atomic E-state index is 0.217. The Labute approximate surface area is 187 Å². The molecule has 0 N–H and O–H groups in total. The maximum atomic E-state index is 6.54. The molecule has 0 saturated carbocycles. The van der Waals surface area contributed by atoms with E-state index in [0.717, 1.165) is 13.0 Å². The second-order valence-electron chi connectivity index (χ2n) is 11.7. The predicted octanol–water partition coefficient (Wildman–Crippen LogP) is 6.11. The van der Waals surface area contributed by atoms with Gasteiger partial charge in [-0.05, 0) is 52.2 Å². The van der Waals surface area contributed by atoms with E-state index in [1.807, 2.05) is 0 Å². The van der Waals surface area contributed by atoms with Gasteiger partial charge in [-0.3, -0.25) is 0 Å². The first-order valence-electron chi connectivity index (χ1n) is 11.3. The Kier molecular flexibility index (Phi) is 7.42. The van der Waals surface area contributed by atoms with Crippen molar-refractivity contribution in [1.29, 1.82) is 0 Å². The molecule has 1 aliphatic rings. The largest absolute Gasteiger partial charge is 0.486 e. The monoisotopic (exact) mass is 446 g/mol. The van der Waals surface area contributed by atoms with Crippen molar-refractivity contribution in [3.05, 3.63) is 41.5 Å². The number of hydrogen-bond acceptors (Lipinski definition) is 3. The van der Waals surface area contributed by atoms with Crippen LogP contribution in [-0.4, -0.2) is 41.3 Å². The fourth-order valence-electron chi connectivity index (χ4n) is 3.40. The van der Waals surface area contributed by atoms with E-state index >= 15 is 0 Å². The van der Waals surface area contributed by atoms with Crippen LogP contribution in [0.15, 0.2) is 41.5 Å². The summed E-state index contributed by atoms with van der Waals surface area (Å²) in [5.41, 5.74) is -0.648. The van der Waals surface area contributed by atoms with Gasteiger partial charge < -0.3 is 13.7 Å². The van der Waals surface area contributed by atoms with Gasteiger partial charge in [0.1, 0.15) is 8.07 Å². The third-order valence-corrected chi connectivity index (χ3v) is 15.9. The summed E-state index contributed by atoms with van der Waals surface area (Å²) in [6, 6.07) is 10.9. The van der Waals surface area contributed by atoms with Crippen molar-refractivity contribution in [2.24, 2.45) is 0 Å². The first-order chi connectivity index (χ1) is 13.5. The van der Waals surface area contributed by atoms with Crippen LogP contribution in [0.3, 0.4) is 0 Å². The molecule has 0 radical (unpaired) electrons. The lowest BCUT2D eigenvalue weighted by Crippen LogP contribution is -2.46. The zero-order chi connectivity index (χ0) is 23.0. The van der Waals surface area contributed by atoms with Crippen molar-refractivity contribution in [2.45, 2.75) is 97.3 Å². The minimum Gasteiger partial charge on any atom is -0.417 e. The minimum atomic E-state index is -1.87. The highest BCUT2D eigenvalue weighted by molar-refractivity contribution is 6.96. The molecule has 1 heterocycles. The Hall–Kier alpha value is -0.661. The van der Waals surface area contributed by atoms with E-state index < -0.39 is 16.4 Å². The zero-order valence-corrected chi connectivity index (χ0v) is 23.2. The van der Waals surface area contributed by atoms with Crippen molar-refractivity contribution < 1.29 is 13.7 Å². The lowest BCUT2D eigenvalue weighted by atomic mass is 9.89. The number of hydrogen-bond donors (Lipinski definition) is 0. The van der Waals surface area contributed by atoms with Crippen LogP contribution in [0.5, 0.6) is 0 Å². The molecule has 1 fully saturated rings. The molecule has 1 saturated heterocycles. The van der Waals surface area contributed by atoms with Crippen molar-refractivity contribution in [1.82, 2.24) is 0 Å². The highest BCUT2D eigenvalue weighted by atomic mass is 28.4. The van der Waals surface area contributed by atoms with Crippen LogP contribution in [-0.2, 0) is 13.7 Å². The molecule has 0 spiro atoms. The summed E-state index contributed by atoms with van der Waals surface area (Å²) in [4.78, 5) is 0. The van der Waals surface area contributed by atoms with Crippen LogP contribution < -0.4 is 5.19 Å². The highest BCUT2D eigenvalue weighted by Crippen LogP contribution is 2.39. The van der Waals surface area contributed by atoms with Gasteiger partial charge in [0.05, 0.1) is 11.2 Å². The highest BCUT2D eigenvalue weighted by Gasteiger charge is 2.50. The van der Waals surface area contributed by atoms with Crippen molar-refractivity contribution in [3.63, 3.8) is 0 Å². The molecule has 0 bridgehead atoms. The topological polar surface area (TPSA) is 27.7 Å². The maximum absolute atomic E-state index is 6.54. The second kappa shape index (κ2) is 8.70. The van der Waals surface area contributed by atoms with Crippen LogP contribution in [0, 0.1) is 0 Å². The zero-order valence-electron chi connectivity index (χ0n) is 21.2. The smallest absolute Gasteiger partial charge is 0.417 e. The van der Waals surface area contributed by atoms with Gasteiger partial charge in [0.15, 0.2) is 8.32 Å². The molecular formula is C24H43BO3Si2. The molecule has 1 aromatic rings. The average Bonchev–Trinajstić information content (AvgIpc) is 2.80. The molecular weight excluding hydrogens is 403 g/mol. The second-order valence-corrected chi connectivity index (χ2v) is 20.9. The van der Waals surface area contributed by atoms with Crippen LogP contribution in [0.2, 0.25) is 31.2 Å². The molecule has 30 heavy (non-hydrogen) atoms. The summed E-state index contributed by atoms with van der Waals surface area (Å²) in [7, 11) is -3.96. The fourth-order valence-corrected chi connectivity index (χ4v) is 7.12. The van der Waals surface area contributed by atoms with Crippen LogP contribution >= 0.6 is 0 Å². The van der Waals surface area contributed by atoms with Crippen molar-refractivity contribution in [2.75, 3.05) is 6.61 Å². The third kappa shape index (κ3) is 5.57. The Morgan fingerprint density at radius 3 is 1.93 bits per heavy atom. The van der Waals surface area contributed by atoms with Gasteiger partial charge in [0, 0.05) is 6.61 Å². The van der Waals surface area contributed by atoms with Gasteiger partial charge >= 0.3 is 7.12 Å². The van der Waals surface area contributed by atoms with E-state index in [-0.39, 0.29) is 23.4 Å². The Bertz CT molecular complexity index is 733. The fraction of sp³-hybridized carbons (Fsp3) is 0.667. The van der Waals surface area contributed by atoms with E-state index in [9.17, 15) is 0 Å². The van der Waals surface area contributed by atoms with E-state index in [4.69, 9.17) is 13.7 Å². The SMILES string of the molecule is CC1(C)OB(/C=C(/CCO[Si](C)(C)C(C)(C)C)[Si](C)(C)c2ccccc2)OC1(C)C. The first-order valence-corrected chi connectivity index (χ1v) is 17.2. The average molecular weight is 447 g/mol. The Morgan fingerprint density at radius 2 is 1.47 bits per heavy atom. The molecule has 0 unspecified atom stereocenters. The quantitative estimate of drug-likeness (QED) is 0.473. The van der Waals surface area contributed by atoms with Gasteiger partial charge in [-0.2, -0.15) is 0 Å². The van der Waals surface area contributed by atoms with Gasteiger partial charge in [-0.25, -0.2) is 0 Å². The molecule has 0 atom stereocenters. The molecule has 0 aliphatic carbocycles. The van der Waals surface area contributed by atoms with Gasteiger partial charge in [0.2, 0.25) is 0 Å². The number of rotatable bonds is 7. The van der Waals surface area contributed by atoms with E-state index in [2.05, 4.69) is 111 Å². The standard InChI is InChI=1S/C24H43BO3Si2/c1-22(2,3)30(10,11)26-18-17-21(29(8,9)20-15-13-12-14-16-20)19-25-27-23(4,5)24(6,7)28-25/h12-16,19H,17-18H2,1-11H3/b21-19-. The van der Waals surface area contributed by atoms with E-state index in [0.29, 0.717) is 0 Å². The van der Waals surface area contributed by atoms with Gasteiger partial charge in [-0.15, -0.1) is 0 Å². The lowest BCUT2D eigenvalue weighted by molar-refractivity contribution is 0.00578. The Morgan fingerprint density at radius 1 is 0.967 bits per heavy atom. The Balaban J connectivity index is 2.30. The third-order valence-electron chi connectivity index (χ3n) is 7.55. The maximum Gasteiger partial charge on any atom is 0.486 e. The summed E-state index contributed by atoms with van der Waals surface area (Å²) < 4.78 is 19.2. The molecule has 168 valence electrons. The molecule has 3 nitrogen and oxygen atoms in total. The lowest BCUT2D eigenvalue weighted by Gasteiger charge is -2.37. The van der Waals surface area contributed by atoms with Crippen LogP contribution in [0.1, 0.15) is 54.9 Å². The van der Waals surface area contributed by atoms with Crippen LogP contribution in [0.4, 0.5) is 0 Å². The summed E-state index contributed by atoms with van der Waals surface area (Å²) in [6.45, 7) is 25.6. The summed E-state index contributed by atoms with van der Waals surface area (Å²) in [6.07, 6.45) is 0.921. The van der Waals surface area contributed by atoms with Gasteiger partial charge in [-0.1, -0.05) is 80.6 Å². The normalized spacial score (nSPS) is 20.0. The van der Waals surface area contributed by atoms with Crippen molar-refractivity contribution in [3.8, 4) is 0 Å². The predicted molar refractivity (Wildman–Crippen MR) is 135 cm³/mol. The molecule has 0 amide bonds. The van der Waals surface area contributed by atoms with Gasteiger partial charge in [0.25, 0.3) is 0 Å².